The second kappa shape index (κ2) is 4.38. The van der Waals surface area contributed by atoms with Gasteiger partial charge in [-0.05, 0) is 19.1 Å². The third-order valence-corrected chi connectivity index (χ3v) is 1.75. The summed E-state index contributed by atoms with van der Waals surface area (Å²) in [6.07, 6.45) is -4.78. The molecule has 0 bridgehead atoms. The van der Waals surface area contributed by atoms with Gasteiger partial charge in [0.05, 0.1) is 5.56 Å². The van der Waals surface area contributed by atoms with Gasteiger partial charge in [0, 0.05) is 6.54 Å². The molecule has 1 aromatic rings. The van der Waals surface area contributed by atoms with Crippen LogP contribution in [0.5, 0.6) is 0 Å². The third kappa shape index (κ3) is 2.62. The molecular formula is C9H9F3N2O2. The molecule has 7 heteroatoms. The third-order valence-electron chi connectivity index (χ3n) is 1.75. The van der Waals surface area contributed by atoms with E-state index >= 15 is 0 Å². The summed E-state index contributed by atoms with van der Waals surface area (Å²) in [6.45, 7) is 2.09. The van der Waals surface area contributed by atoms with Gasteiger partial charge in [0.1, 0.15) is 5.82 Å². The summed E-state index contributed by atoms with van der Waals surface area (Å²) in [5.41, 5.74) is -2.24. The minimum absolute atomic E-state index is 0.000162. The maximum Gasteiger partial charge on any atom is 0.434 e. The minimum Gasteiger partial charge on any atom is -0.478 e. The second-order valence-corrected chi connectivity index (χ2v) is 2.93. The maximum absolute atomic E-state index is 12.5. The number of nitrogens with one attached hydrogen (secondary N) is 1. The van der Waals surface area contributed by atoms with Gasteiger partial charge in [-0.25, -0.2) is 9.78 Å². The first-order chi connectivity index (χ1) is 7.36. The molecule has 0 fully saturated rings. The number of carbonyl (C=O) groups is 1. The van der Waals surface area contributed by atoms with Gasteiger partial charge >= 0.3 is 12.1 Å². The Balaban J connectivity index is 3.27. The van der Waals surface area contributed by atoms with Gasteiger partial charge in [-0.2, -0.15) is 13.2 Å². The first-order valence-electron chi connectivity index (χ1n) is 4.41. The van der Waals surface area contributed by atoms with Crippen LogP contribution in [-0.2, 0) is 6.18 Å². The number of carboxylic acid groups (broad SMARTS) is 1. The van der Waals surface area contributed by atoms with Crippen LogP contribution in [0.4, 0.5) is 19.0 Å². The first kappa shape index (κ1) is 12.3. The number of hydrogen-bond acceptors (Lipinski definition) is 3. The Labute approximate surface area is 89.1 Å². The molecule has 0 aliphatic rings. The number of aromatic nitrogens is 1. The fraction of sp³-hybridized carbons (Fsp3) is 0.333. The van der Waals surface area contributed by atoms with Crippen LogP contribution in [0, 0.1) is 0 Å². The summed E-state index contributed by atoms with van der Waals surface area (Å²) in [7, 11) is 0. The Morgan fingerprint density at radius 3 is 2.56 bits per heavy atom. The van der Waals surface area contributed by atoms with Crippen molar-refractivity contribution in [3.8, 4) is 0 Å². The van der Waals surface area contributed by atoms with Crippen LogP contribution < -0.4 is 5.32 Å². The largest absolute Gasteiger partial charge is 0.478 e. The lowest BCUT2D eigenvalue weighted by molar-refractivity contribution is -0.141. The molecule has 4 nitrogen and oxygen atoms in total. The van der Waals surface area contributed by atoms with Crippen molar-refractivity contribution in [2.24, 2.45) is 0 Å². The summed E-state index contributed by atoms with van der Waals surface area (Å²) in [5.74, 6) is -1.65. The minimum atomic E-state index is -4.78. The van der Waals surface area contributed by atoms with Crippen molar-refractivity contribution in [1.82, 2.24) is 4.98 Å². The summed E-state index contributed by atoms with van der Waals surface area (Å²) < 4.78 is 37.4. The van der Waals surface area contributed by atoms with Crippen LogP contribution in [0.1, 0.15) is 23.0 Å². The van der Waals surface area contributed by atoms with Gasteiger partial charge in [-0.3, -0.25) is 0 Å². The van der Waals surface area contributed by atoms with E-state index in [9.17, 15) is 18.0 Å². The van der Waals surface area contributed by atoms with Gasteiger partial charge in [0.2, 0.25) is 0 Å². The zero-order chi connectivity index (χ0) is 12.3. The van der Waals surface area contributed by atoms with Gasteiger partial charge < -0.3 is 10.4 Å². The summed E-state index contributed by atoms with van der Waals surface area (Å²) in [5, 5.41) is 11.2. The molecule has 0 aliphatic carbocycles. The standard InChI is InChI=1S/C9H9F3N2O2/c1-2-13-6-4-3-5(8(15)16)7(14-6)9(10,11)12/h3-4H,2H2,1H3,(H,13,14)(H,15,16). The molecular weight excluding hydrogens is 225 g/mol. The predicted molar refractivity (Wildman–Crippen MR) is 50.4 cm³/mol. The summed E-state index contributed by atoms with van der Waals surface area (Å²) >= 11 is 0. The highest BCUT2D eigenvalue weighted by Crippen LogP contribution is 2.31. The molecule has 88 valence electrons. The highest BCUT2D eigenvalue weighted by molar-refractivity contribution is 5.89. The Morgan fingerprint density at radius 1 is 1.50 bits per heavy atom. The van der Waals surface area contributed by atoms with E-state index in [1.165, 1.54) is 6.07 Å². The topological polar surface area (TPSA) is 62.2 Å². The van der Waals surface area contributed by atoms with Gasteiger partial charge in [-0.1, -0.05) is 0 Å². The number of anilines is 1. The number of alkyl halides is 3. The molecule has 16 heavy (non-hydrogen) atoms. The van der Waals surface area contributed by atoms with Crippen molar-refractivity contribution in [2.75, 3.05) is 11.9 Å². The van der Waals surface area contributed by atoms with Crippen molar-refractivity contribution < 1.29 is 23.1 Å². The number of rotatable bonds is 3. The zero-order valence-electron chi connectivity index (χ0n) is 8.30. The van der Waals surface area contributed by atoms with Crippen LogP contribution in [0.25, 0.3) is 0 Å². The lowest BCUT2D eigenvalue weighted by Crippen LogP contribution is -2.16. The summed E-state index contributed by atoms with van der Waals surface area (Å²) in [4.78, 5) is 13.8. The zero-order valence-corrected chi connectivity index (χ0v) is 8.30. The van der Waals surface area contributed by atoms with Crippen LogP contribution >= 0.6 is 0 Å². The highest BCUT2D eigenvalue weighted by atomic mass is 19.4. The van der Waals surface area contributed by atoms with Gasteiger partial charge in [0.15, 0.2) is 5.69 Å². The monoisotopic (exact) mass is 234 g/mol. The molecule has 0 aliphatic heterocycles. The SMILES string of the molecule is CCNc1ccc(C(=O)O)c(C(F)(F)F)n1. The van der Waals surface area contributed by atoms with Crippen LogP contribution in [-0.4, -0.2) is 22.6 Å². The molecule has 0 saturated carbocycles. The number of pyridine rings is 1. The number of nitrogens with zero attached hydrogens (tertiary/aromatic N) is 1. The molecule has 0 atom stereocenters. The average molecular weight is 234 g/mol. The predicted octanol–water partition coefficient (Wildman–Crippen LogP) is 2.23. The molecule has 1 heterocycles. The van der Waals surface area contributed by atoms with E-state index in [2.05, 4.69) is 10.3 Å². The molecule has 0 aromatic carbocycles. The summed E-state index contributed by atoms with van der Waals surface area (Å²) in [6, 6.07) is 2.08. The van der Waals surface area contributed by atoms with Crippen molar-refractivity contribution in [2.45, 2.75) is 13.1 Å². The van der Waals surface area contributed by atoms with E-state index < -0.39 is 23.4 Å². The van der Waals surface area contributed by atoms with Crippen molar-refractivity contribution in [3.05, 3.63) is 23.4 Å². The van der Waals surface area contributed by atoms with Gasteiger partial charge in [0.25, 0.3) is 0 Å². The highest BCUT2D eigenvalue weighted by Gasteiger charge is 2.37. The molecule has 0 unspecified atom stereocenters. The molecule has 0 amide bonds. The number of carboxylic acids is 1. The fourth-order valence-corrected chi connectivity index (χ4v) is 1.13. The maximum atomic E-state index is 12.5. The van der Waals surface area contributed by atoms with E-state index in [0.717, 1.165) is 6.07 Å². The van der Waals surface area contributed by atoms with Crippen molar-refractivity contribution in [3.63, 3.8) is 0 Å². The second-order valence-electron chi connectivity index (χ2n) is 2.93. The molecule has 0 saturated heterocycles. The molecule has 0 spiro atoms. The Kier molecular flexibility index (Phi) is 3.36. The van der Waals surface area contributed by atoms with Gasteiger partial charge in [-0.15, -0.1) is 0 Å². The molecule has 0 radical (unpaired) electrons. The molecule has 1 aromatic heterocycles. The number of aromatic carboxylic acids is 1. The van der Waals surface area contributed by atoms with E-state index in [4.69, 9.17) is 5.11 Å². The average Bonchev–Trinajstić information content (AvgIpc) is 2.16. The lowest BCUT2D eigenvalue weighted by atomic mass is 10.2. The van der Waals surface area contributed by atoms with E-state index in [1.54, 1.807) is 6.92 Å². The fourth-order valence-electron chi connectivity index (χ4n) is 1.13. The number of hydrogen-bond donors (Lipinski definition) is 2. The quantitative estimate of drug-likeness (QED) is 0.841. The van der Waals surface area contributed by atoms with Crippen molar-refractivity contribution >= 4 is 11.8 Å². The molecule has 2 N–H and O–H groups in total. The van der Waals surface area contributed by atoms with Crippen LogP contribution in [0.2, 0.25) is 0 Å². The van der Waals surface area contributed by atoms with Crippen LogP contribution in [0.15, 0.2) is 12.1 Å². The Bertz CT molecular complexity index is 404. The van der Waals surface area contributed by atoms with E-state index in [-0.39, 0.29) is 5.82 Å². The van der Waals surface area contributed by atoms with Crippen molar-refractivity contribution in [1.29, 1.82) is 0 Å². The lowest BCUT2D eigenvalue weighted by Gasteiger charge is -2.11. The molecule has 1 rings (SSSR count). The van der Waals surface area contributed by atoms with E-state index in [0.29, 0.717) is 6.54 Å². The Hall–Kier alpha value is -1.79. The Morgan fingerprint density at radius 2 is 2.12 bits per heavy atom. The van der Waals surface area contributed by atoms with E-state index in [1.807, 2.05) is 0 Å². The first-order valence-corrected chi connectivity index (χ1v) is 4.41. The van der Waals surface area contributed by atoms with Crippen LogP contribution in [0.3, 0.4) is 0 Å². The normalized spacial score (nSPS) is 11.2. The smallest absolute Gasteiger partial charge is 0.434 e. The number of halogens is 3.